The van der Waals surface area contributed by atoms with Crippen LogP contribution in [0.25, 0.3) is 0 Å². The van der Waals surface area contributed by atoms with Gasteiger partial charge in [0.05, 0.1) is 6.54 Å². The minimum absolute atomic E-state index is 0.00631. The Kier molecular flexibility index (Phi) is 7.43. The molecule has 0 bridgehead atoms. The summed E-state index contributed by atoms with van der Waals surface area (Å²) in [5.41, 5.74) is 5.52. The predicted molar refractivity (Wildman–Crippen MR) is 64.2 cm³/mol. The SMILES string of the molecule is CC(N)CCCC(=O)N(C)CC(=O)NCC(F)(F)F. The van der Waals surface area contributed by atoms with Gasteiger partial charge < -0.3 is 16.0 Å². The molecule has 0 aliphatic heterocycles. The highest BCUT2D eigenvalue weighted by Gasteiger charge is 2.28. The van der Waals surface area contributed by atoms with Crippen molar-refractivity contribution in [1.82, 2.24) is 10.2 Å². The normalized spacial score (nSPS) is 12.9. The first kappa shape index (κ1) is 17.7. The van der Waals surface area contributed by atoms with Gasteiger partial charge in [-0.3, -0.25) is 9.59 Å². The number of hydrogen-bond donors (Lipinski definition) is 2. The molecule has 1 unspecified atom stereocenters. The van der Waals surface area contributed by atoms with Gasteiger partial charge in [0.15, 0.2) is 0 Å². The first-order chi connectivity index (χ1) is 8.61. The zero-order chi connectivity index (χ0) is 15.1. The van der Waals surface area contributed by atoms with Crippen LogP contribution < -0.4 is 11.1 Å². The van der Waals surface area contributed by atoms with E-state index in [-0.39, 0.29) is 24.9 Å². The van der Waals surface area contributed by atoms with Crippen LogP contribution in [-0.2, 0) is 9.59 Å². The third-order valence-electron chi connectivity index (χ3n) is 2.34. The number of nitrogens with two attached hydrogens (primary N) is 1. The molecule has 0 aromatic carbocycles. The molecular weight excluding hydrogens is 263 g/mol. The summed E-state index contributed by atoms with van der Waals surface area (Å²) in [6.07, 6.45) is -2.95. The van der Waals surface area contributed by atoms with Crippen LogP contribution in [-0.4, -0.2) is 49.1 Å². The van der Waals surface area contributed by atoms with E-state index >= 15 is 0 Å². The van der Waals surface area contributed by atoms with Gasteiger partial charge in [0.25, 0.3) is 0 Å². The Hall–Kier alpha value is -1.31. The average molecular weight is 283 g/mol. The average Bonchev–Trinajstić information content (AvgIpc) is 2.24. The quantitative estimate of drug-likeness (QED) is 0.720. The van der Waals surface area contributed by atoms with Crippen molar-refractivity contribution < 1.29 is 22.8 Å². The lowest BCUT2D eigenvalue weighted by atomic mass is 10.1. The number of carbonyl (C=O) groups is 2. The van der Waals surface area contributed by atoms with Gasteiger partial charge in [-0.2, -0.15) is 13.2 Å². The van der Waals surface area contributed by atoms with Crippen molar-refractivity contribution >= 4 is 11.8 Å². The van der Waals surface area contributed by atoms with Crippen molar-refractivity contribution in [3.63, 3.8) is 0 Å². The molecule has 0 aromatic heterocycles. The fraction of sp³-hybridized carbons (Fsp3) is 0.818. The molecule has 0 fully saturated rings. The van der Waals surface area contributed by atoms with E-state index in [1.54, 1.807) is 5.32 Å². The monoisotopic (exact) mass is 283 g/mol. The molecule has 1 atom stereocenters. The highest BCUT2D eigenvalue weighted by molar-refractivity contribution is 5.84. The van der Waals surface area contributed by atoms with Crippen molar-refractivity contribution in [3.8, 4) is 0 Å². The number of hydrogen-bond acceptors (Lipinski definition) is 3. The van der Waals surface area contributed by atoms with Crippen molar-refractivity contribution in [2.45, 2.75) is 38.4 Å². The summed E-state index contributed by atoms with van der Waals surface area (Å²) in [6.45, 7) is 0.0460. The summed E-state index contributed by atoms with van der Waals surface area (Å²) in [4.78, 5) is 23.8. The molecule has 0 spiro atoms. The van der Waals surface area contributed by atoms with E-state index in [4.69, 9.17) is 5.73 Å². The molecule has 0 saturated carbocycles. The van der Waals surface area contributed by atoms with Crippen LogP contribution in [0.3, 0.4) is 0 Å². The van der Waals surface area contributed by atoms with E-state index in [9.17, 15) is 22.8 Å². The first-order valence-corrected chi connectivity index (χ1v) is 5.95. The molecule has 3 N–H and O–H groups in total. The Balaban J connectivity index is 3.91. The molecule has 0 aromatic rings. The number of nitrogens with one attached hydrogen (secondary N) is 1. The summed E-state index contributed by atoms with van der Waals surface area (Å²) in [6, 6.07) is -0.00631. The Morgan fingerprint density at radius 3 is 2.42 bits per heavy atom. The highest BCUT2D eigenvalue weighted by Crippen LogP contribution is 2.12. The highest BCUT2D eigenvalue weighted by atomic mass is 19.4. The van der Waals surface area contributed by atoms with Crippen LogP contribution >= 0.6 is 0 Å². The minimum Gasteiger partial charge on any atom is -0.345 e. The van der Waals surface area contributed by atoms with Gasteiger partial charge in [-0.1, -0.05) is 0 Å². The summed E-state index contributed by atoms with van der Waals surface area (Å²) < 4.78 is 35.5. The van der Waals surface area contributed by atoms with Crippen LogP contribution in [0.2, 0.25) is 0 Å². The summed E-state index contributed by atoms with van der Waals surface area (Å²) in [5.74, 6) is -1.12. The van der Waals surface area contributed by atoms with Crippen LogP contribution in [0.15, 0.2) is 0 Å². The second-order valence-corrected chi connectivity index (χ2v) is 4.51. The van der Waals surface area contributed by atoms with E-state index < -0.39 is 18.6 Å². The number of likely N-dealkylation sites (N-methyl/N-ethyl adjacent to an activating group) is 1. The maximum atomic E-state index is 11.8. The van der Waals surface area contributed by atoms with Crippen molar-refractivity contribution in [2.75, 3.05) is 20.1 Å². The molecule has 0 heterocycles. The van der Waals surface area contributed by atoms with E-state index in [2.05, 4.69) is 0 Å². The maximum Gasteiger partial charge on any atom is 0.405 e. The molecule has 2 amide bonds. The molecule has 0 aliphatic rings. The molecule has 112 valence electrons. The van der Waals surface area contributed by atoms with E-state index in [0.29, 0.717) is 12.8 Å². The molecule has 5 nitrogen and oxygen atoms in total. The van der Waals surface area contributed by atoms with Crippen molar-refractivity contribution in [3.05, 3.63) is 0 Å². The van der Waals surface area contributed by atoms with Gasteiger partial charge in [-0.05, 0) is 19.8 Å². The number of amides is 2. The Labute approximate surface area is 110 Å². The van der Waals surface area contributed by atoms with Gasteiger partial charge in [-0.15, -0.1) is 0 Å². The number of rotatable bonds is 7. The van der Waals surface area contributed by atoms with E-state index in [1.165, 1.54) is 7.05 Å². The van der Waals surface area contributed by atoms with Gasteiger partial charge in [-0.25, -0.2) is 0 Å². The Morgan fingerprint density at radius 1 is 1.37 bits per heavy atom. The maximum absolute atomic E-state index is 11.8. The number of halogens is 3. The minimum atomic E-state index is -4.45. The van der Waals surface area contributed by atoms with Gasteiger partial charge in [0, 0.05) is 19.5 Å². The van der Waals surface area contributed by atoms with Gasteiger partial charge in [0.1, 0.15) is 6.54 Å². The molecule has 0 radical (unpaired) electrons. The van der Waals surface area contributed by atoms with Crippen molar-refractivity contribution in [2.24, 2.45) is 5.73 Å². The summed E-state index contributed by atoms with van der Waals surface area (Å²) >= 11 is 0. The smallest absolute Gasteiger partial charge is 0.345 e. The largest absolute Gasteiger partial charge is 0.405 e. The van der Waals surface area contributed by atoms with E-state index in [1.807, 2.05) is 6.92 Å². The van der Waals surface area contributed by atoms with Gasteiger partial charge >= 0.3 is 6.18 Å². The third-order valence-corrected chi connectivity index (χ3v) is 2.34. The fourth-order valence-corrected chi connectivity index (χ4v) is 1.32. The van der Waals surface area contributed by atoms with E-state index in [0.717, 1.165) is 4.90 Å². The standard InChI is InChI=1S/C11H20F3N3O2/c1-8(15)4-3-5-10(19)17(2)6-9(18)16-7-11(12,13)14/h8H,3-7,15H2,1-2H3,(H,16,18). The second kappa shape index (κ2) is 7.98. The number of alkyl halides is 3. The lowest BCUT2D eigenvalue weighted by molar-refractivity contribution is -0.141. The molecule has 0 rings (SSSR count). The lowest BCUT2D eigenvalue weighted by Gasteiger charge is -2.17. The molecule has 0 saturated heterocycles. The molecule has 19 heavy (non-hydrogen) atoms. The van der Waals surface area contributed by atoms with Crippen LogP contribution in [0.4, 0.5) is 13.2 Å². The Morgan fingerprint density at radius 2 is 1.95 bits per heavy atom. The number of carbonyl (C=O) groups excluding carboxylic acids is 2. The second-order valence-electron chi connectivity index (χ2n) is 4.51. The molecule has 8 heteroatoms. The van der Waals surface area contributed by atoms with Crippen LogP contribution in [0, 0.1) is 0 Å². The Bertz CT molecular complexity index is 306. The molecular formula is C11H20F3N3O2. The lowest BCUT2D eigenvalue weighted by Crippen LogP contribution is -2.41. The van der Waals surface area contributed by atoms with Crippen molar-refractivity contribution in [1.29, 1.82) is 0 Å². The topological polar surface area (TPSA) is 75.4 Å². The first-order valence-electron chi connectivity index (χ1n) is 5.95. The zero-order valence-electron chi connectivity index (χ0n) is 11.1. The third kappa shape index (κ3) is 10.3. The molecule has 0 aliphatic carbocycles. The number of nitrogens with zero attached hydrogens (tertiary/aromatic N) is 1. The van der Waals surface area contributed by atoms with Crippen LogP contribution in [0.1, 0.15) is 26.2 Å². The zero-order valence-corrected chi connectivity index (χ0v) is 11.1. The predicted octanol–water partition coefficient (Wildman–Crippen LogP) is 0.641. The summed E-state index contributed by atoms with van der Waals surface area (Å²) in [5, 5.41) is 1.70. The summed E-state index contributed by atoms with van der Waals surface area (Å²) in [7, 11) is 1.38. The van der Waals surface area contributed by atoms with Gasteiger partial charge in [0.2, 0.25) is 11.8 Å². The fourth-order valence-electron chi connectivity index (χ4n) is 1.32. The van der Waals surface area contributed by atoms with Crippen LogP contribution in [0.5, 0.6) is 0 Å².